The highest BCUT2D eigenvalue weighted by atomic mass is 32.2. The van der Waals surface area contributed by atoms with Crippen molar-refractivity contribution in [1.82, 2.24) is 10.0 Å². The largest absolute Gasteiger partial charge is 0.348 e. The summed E-state index contributed by atoms with van der Waals surface area (Å²) in [5.74, 6) is -0.0890. The van der Waals surface area contributed by atoms with E-state index in [1.54, 1.807) is 25.1 Å². The van der Waals surface area contributed by atoms with Crippen LogP contribution in [-0.4, -0.2) is 26.2 Å². The average Bonchev–Trinajstić information content (AvgIpc) is 3.04. The van der Waals surface area contributed by atoms with E-state index in [1.165, 1.54) is 6.07 Å². The van der Waals surface area contributed by atoms with Crippen LogP contribution in [0.25, 0.3) is 11.1 Å². The lowest BCUT2D eigenvalue weighted by Gasteiger charge is -2.17. The maximum atomic E-state index is 12.7. The summed E-state index contributed by atoms with van der Waals surface area (Å²) in [5, 5.41) is 2.95. The molecule has 1 amide bonds. The molecule has 0 aliphatic carbocycles. The molecule has 2 N–H and O–H groups in total. The zero-order chi connectivity index (χ0) is 22.0. The minimum absolute atomic E-state index is 0.174. The van der Waals surface area contributed by atoms with E-state index in [1.807, 2.05) is 49.4 Å². The van der Waals surface area contributed by atoms with Crippen molar-refractivity contribution >= 4 is 21.8 Å². The molecule has 0 unspecified atom stereocenters. The first-order valence-corrected chi connectivity index (χ1v) is 11.5. The molecule has 2 atom stereocenters. The van der Waals surface area contributed by atoms with E-state index in [2.05, 4.69) is 27.2 Å². The van der Waals surface area contributed by atoms with Gasteiger partial charge in [-0.2, -0.15) is 0 Å². The van der Waals surface area contributed by atoms with Gasteiger partial charge in [-0.05, 0) is 42.7 Å². The van der Waals surface area contributed by atoms with Crippen molar-refractivity contribution in [3.63, 3.8) is 0 Å². The van der Waals surface area contributed by atoms with E-state index >= 15 is 0 Å². The lowest BCUT2D eigenvalue weighted by Crippen LogP contribution is -2.35. The Balaban J connectivity index is 1.45. The summed E-state index contributed by atoms with van der Waals surface area (Å²) in [5.41, 5.74) is 3.69. The maximum absolute atomic E-state index is 12.7. The number of carbonyl (C=O) groups excluding carboxylic acids is 1. The van der Waals surface area contributed by atoms with Crippen molar-refractivity contribution in [1.29, 1.82) is 0 Å². The smallest absolute Gasteiger partial charge is 0.263 e. The molecule has 0 spiro atoms. The average molecular weight is 434 g/mol. The van der Waals surface area contributed by atoms with E-state index in [9.17, 15) is 13.2 Å². The van der Waals surface area contributed by atoms with Crippen LogP contribution in [0, 0.1) is 0 Å². The van der Waals surface area contributed by atoms with Crippen molar-refractivity contribution in [3.8, 4) is 11.1 Å². The summed E-state index contributed by atoms with van der Waals surface area (Å²) < 4.78 is 26.9. The molecule has 31 heavy (non-hydrogen) atoms. The molecular weight excluding hydrogens is 410 g/mol. The SMILES string of the molecule is C[C@H](N=C1NS(=O)(=O)c2ccccc21)C(=O)N[C@@H](C)c1ccc(-c2ccccc2)cc1. The number of rotatable bonds is 5. The standard InChI is InChI=1S/C24H23N3O3S/c1-16(18-12-14-20(15-13-18)19-8-4-3-5-9-19)26-24(28)17(2)25-23-21-10-6-7-11-22(21)31(29,30)27-23/h3-17H,1-2H3,(H,25,27)(H,26,28)/t16-,17-/m0/s1. The van der Waals surface area contributed by atoms with Gasteiger partial charge in [-0.15, -0.1) is 0 Å². The summed E-state index contributed by atoms with van der Waals surface area (Å²) in [4.78, 5) is 17.2. The normalized spacial score (nSPS) is 17.4. The van der Waals surface area contributed by atoms with Gasteiger partial charge in [-0.25, -0.2) is 8.42 Å². The molecule has 158 valence electrons. The molecule has 0 bridgehead atoms. The van der Waals surface area contributed by atoms with Crippen LogP contribution in [0.1, 0.15) is 31.0 Å². The third-order valence-electron chi connectivity index (χ3n) is 5.24. The summed E-state index contributed by atoms with van der Waals surface area (Å²) in [7, 11) is -3.63. The van der Waals surface area contributed by atoms with Gasteiger partial charge < -0.3 is 5.32 Å². The monoisotopic (exact) mass is 433 g/mol. The number of hydrogen-bond donors (Lipinski definition) is 2. The Kier molecular flexibility index (Phi) is 5.61. The Hall–Kier alpha value is -3.45. The van der Waals surface area contributed by atoms with Crippen LogP contribution >= 0.6 is 0 Å². The van der Waals surface area contributed by atoms with Crippen molar-refractivity contribution < 1.29 is 13.2 Å². The Morgan fingerprint density at radius 1 is 0.871 bits per heavy atom. The highest BCUT2D eigenvalue weighted by Gasteiger charge is 2.31. The highest BCUT2D eigenvalue weighted by Crippen LogP contribution is 2.23. The molecule has 6 nitrogen and oxygen atoms in total. The third kappa shape index (κ3) is 4.36. The van der Waals surface area contributed by atoms with Crippen molar-refractivity contribution in [2.75, 3.05) is 0 Å². The Morgan fingerprint density at radius 3 is 2.19 bits per heavy atom. The first kappa shape index (κ1) is 20.8. The lowest BCUT2D eigenvalue weighted by molar-refractivity contribution is -0.122. The zero-order valence-electron chi connectivity index (χ0n) is 17.2. The number of nitrogens with one attached hydrogen (secondary N) is 2. The Bertz CT molecular complexity index is 1240. The number of amides is 1. The fourth-order valence-electron chi connectivity index (χ4n) is 3.49. The Morgan fingerprint density at radius 2 is 1.48 bits per heavy atom. The van der Waals surface area contributed by atoms with Gasteiger partial charge in [-0.1, -0.05) is 66.7 Å². The fourth-order valence-corrected chi connectivity index (χ4v) is 4.73. The van der Waals surface area contributed by atoms with Crippen LogP contribution in [0.2, 0.25) is 0 Å². The van der Waals surface area contributed by atoms with Crippen molar-refractivity contribution in [2.24, 2.45) is 4.99 Å². The number of aliphatic imine (C=N–C) groups is 1. The summed E-state index contributed by atoms with van der Waals surface area (Å²) in [6, 6.07) is 23.7. The molecular formula is C24H23N3O3S. The first-order valence-electron chi connectivity index (χ1n) is 10.0. The second-order valence-corrected chi connectivity index (χ2v) is 9.12. The maximum Gasteiger partial charge on any atom is 0.263 e. The van der Waals surface area contributed by atoms with E-state index in [4.69, 9.17) is 0 Å². The quantitative estimate of drug-likeness (QED) is 0.644. The van der Waals surface area contributed by atoms with Gasteiger partial charge in [0.15, 0.2) is 0 Å². The van der Waals surface area contributed by atoms with Gasteiger partial charge in [0, 0.05) is 5.56 Å². The van der Waals surface area contributed by atoms with Gasteiger partial charge in [0.2, 0.25) is 5.91 Å². The molecule has 0 aromatic heterocycles. The van der Waals surface area contributed by atoms with Crippen LogP contribution in [0.5, 0.6) is 0 Å². The number of hydrogen-bond acceptors (Lipinski definition) is 4. The number of amidine groups is 1. The van der Waals surface area contributed by atoms with Gasteiger partial charge in [0.1, 0.15) is 11.9 Å². The molecule has 1 aliphatic heterocycles. The molecule has 0 saturated heterocycles. The molecule has 0 saturated carbocycles. The molecule has 1 heterocycles. The predicted octanol–water partition coefficient (Wildman–Crippen LogP) is 3.66. The van der Waals surface area contributed by atoms with E-state index in [-0.39, 0.29) is 22.7 Å². The van der Waals surface area contributed by atoms with Crippen LogP contribution in [0.3, 0.4) is 0 Å². The first-order chi connectivity index (χ1) is 14.8. The molecule has 0 fully saturated rings. The molecule has 3 aromatic rings. The summed E-state index contributed by atoms with van der Waals surface area (Å²) in [6.45, 7) is 3.55. The van der Waals surface area contributed by atoms with E-state index in [0.717, 1.165) is 16.7 Å². The molecule has 4 rings (SSSR count). The number of fused-ring (bicyclic) bond motifs is 1. The fraction of sp³-hybridized carbons (Fsp3) is 0.167. The minimum atomic E-state index is -3.63. The van der Waals surface area contributed by atoms with Crippen molar-refractivity contribution in [2.45, 2.75) is 30.8 Å². The van der Waals surface area contributed by atoms with Crippen LogP contribution in [0.15, 0.2) is 88.8 Å². The van der Waals surface area contributed by atoms with Gasteiger partial charge in [0.05, 0.1) is 10.9 Å². The second-order valence-electron chi connectivity index (χ2n) is 7.47. The second kappa shape index (κ2) is 8.35. The molecule has 3 aromatic carbocycles. The number of carbonyl (C=O) groups is 1. The molecule has 7 heteroatoms. The Labute approximate surface area is 182 Å². The third-order valence-corrected chi connectivity index (χ3v) is 6.64. The van der Waals surface area contributed by atoms with Crippen molar-refractivity contribution in [3.05, 3.63) is 90.0 Å². The number of sulfonamides is 1. The van der Waals surface area contributed by atoms with Gasteiger partial charge in [-0.3, -0.25) is 14.5 Å². The van der Waals surface area contributed by atoms with Crippen LogP contribution in [0.4, 0.5) is 0 Å². The summed E-state index contributed by atoms with van der Waals surface area (Å²) >= 11 is 0. The minimum Gasteiger partial charge on any atom is -0.348 e. The van der Waals surface area contributed by atoms with Gasteiger partial charge >= 0.3 is 0 Å². The summed E-state index contributed by atoms with van der Waals surface area (Å²) in [6.07, 6.45) is 0. The van der Waals surface area contributed by atoms with Gasteiger partial charge in [0.25, 0.3) is 10.0 Å². The number of nitrogens with zero attached hydrogens (tertiary/aromatic N) is 1. The molecule has 1 aliphatic rings. The van der Waals surface area contributed by atoms with E-state index in [0.29, 0.717) is 5.56 Å². The molecule has 0 radical (unpaired) electrons. The lowest BCUT2D eigenvalue weighted by atomic mass is 10.0. The topological polar surface area (TPSA) is 87.6 Å². The highest BCUT2D eigenvalue weighted by molar-refractivity contribution is 7.90. The zero-order valence-corrected chi connectivity index (χ0v) is 18.1. The number of benzene rings is 3. The predicted molar refractivity (Wildman–Crippen MR) is 121 cm³/mol. The van der Waals surface area contributed by atoms with Crippen LogP contribution in [-0.2, 0) is 14.8 Å². The van der Waals surface area contributed by atoms with E-state index < -0.39 is 16.1 Å². The van der Waals surface area contributed by atoms with Crippen LogP contribution < -0.4 is 10.0 Å².